The number of nitrogens with one attached hydrogen (secondary N) is 2. The molecule has 210 valence electrons. The van der Waals surface area contributed by atoms with E-state index in [1.54, 1.807) is 6.07 Å². The van der Waals surface area contributed by atoms with Crippen molar-refractivity contribution in [3.63, 3.8) is 0 Å². The zero-order valence-corrected chi connectivity index (χ0v) is 24.3. The van der Waals surface area contributed by atoms with E-state index in [1.807, 2.05) is 25.1 Å². The third-order valence-corrected chi connectivity index (χ3v) is 6.84. The van der Waals surface area contributed by atoms with Crippen molar-refractivity contribution in [3.05, 3.63) is 58.0 Å². The van der Waals surface area contributed by atoms with Crippen molar-refractivity contribution in [2.24, 2.45) is 0 Å². The maximum Gasteiger partial charge on any atom is 0.291 e. The summed E-state index contributed by atoms with van der Waals surface area (Å²) in [6, 6.07) is 7.87. The Morgan fingerprint density at radius 2 is 1.62 bits per heavy atom. The molecule has 2 aromatic heterocycles. The number of rotatable bonds is 10. The summed E-state index contributed by atoms with van der Waals surface area (Å²) in [6.45, 7) is 11.9. The van der Waals surface area contributed by atoms with Crippen LogP contribution in [0.1, 0.15) is 66.3 Å². The van der Waals surface area contributed by atoms with Gasteiger partial charge in [0.15, 0.2) is 11.4 Å². The minimum Gasteiger partial charge on any atom is -0.479 e. The van der Waals surface area contributed by atoms with Crippen LogP contribution < -0.4 is 20.1 Å². The number of nitrogens with zero attached hydrogens (tertiary/aromatic N) is 3. The fraction of sp³-hybridized carbons (Fsp3) is 0.483. The van der Waals surface area contributed by atoms with Gasteiger partial charge in [0.05, 0.1) is 25.4 Å². The summed E-state index contributed by atoms with van der Waals surface area (Å²) in [5.41, 5.74) is 4.15. The number of likely N-dealkylation sites (N-methyl/N-ethyl adjacent to an activating group) is 1. The highest BCUT2D eigenvalue weighted by Gasteiger charge is 2.43. The van der Waals surface area contributed by atoms with E-state index in [4.69, 9.17) is 18.6 Å². The molecule has 0 radical (unpaired) electrons. The maximum atomic E-state index is 13.1. The summed E-state index contributed by atoms with van der Waals surface area (Å²) in [4.78, 5) is 23.9. The van der Waals surface area contributed by atoms with E-state index in [2.05, 4.69) is 67.4 Å². The third-order valence-electron chi connectivity index (χ3n) is 6.84. The molecule has 0 atom stereocenters. The lowest BCUT2D eigenvalue weighted by molar-refractivity contribution is -0.105. The van der Waals surface area contributed by atoms with Crippen molar-refractivity contribution >= 4 is 17.5 Å². The first-order valence-corrected chi connectivity index (χ1v) is 13.0. The monoisotopic (exact) mass is 537 g/mol. The zero-order chi connectivity index (χ0) is 28.5. The lowest BCUT2D eigenvalue weighted by Crippen LogP contribution is -2.22. The lowest BCUT2D eigenvalue weighted by Gasteiger charge is -2.24. The first-order chi connectivity index (χ1) is 18.3. The van der Waals surface area contributed by atoms with Crippen LogP contribution in [0.2, 0.25) is 0 Å². The first-order valence-electron chi connectivity index (χ1n) is 13.0. The van der Waals surface area contributed by atoms with Crippen LogP contribution in [0.4, 0.5) is 11.6 Å². The molecule has 10 nitrogen and oxygen atoms in total. The molecule has 0 fully saturated rings. The standard InChI is InChI=1S/C29H39N5O5/c1-17-14-20-21(29(4,5)39-28(20,2)3)16-18(17)15-19-10-11-22(38-19)24(35)31-23-25(36-8)32-27(33-26(23)37-9)30-12-13-34(6)7/h10-11,14,16H,12-13,15H2,1-9H3,(H,31,35)(H,30,32,33). The van der Waals surface area contributed by atoms with Gasteiger partial charge in [0.1, 0.15) is 5.76 Å². The molecule has 0 aliphatic carbocycles. The molecule has 3 aromatic rings. The number of amides is 1. The molecule has 0 bridgehead atoms. The highest BCUT2D eigenvalue weighted by atomic mass is 16.5. The van der Waals surface area contributed by atoms with Gasteiger partial charge < -0.3 is 34.2 Å². The summed E-state index contributed by atoms with van der Waals surface area (Å²) in [7, 11) is 6.90. The summed E-state index contributed by atoms with van der Waals surface area (Å²) < 4.78 is 23.1. The second-order valence-corrected chi connectivity index (χ2v) is 11.0. The van der Waals surface area contributed by atoms with E-state index in [1.165, 1.54) is 25.3 Å². The summed E-state index contributed by atoms with van der Waals surface area (Å²) in [6.07, 6.45) is 0.548. The Balaban J connectivity index is 1.52. The van der Waals surface area contributed by atoms with Crippen molar-refractivity contribution in [3.8, 4) is 11.8 Å². The van der Waals surface area contributed by atoms with Gasteiger partial charge in [0, 0.05) is 19.5 Å². The molecule has 0 saturated heterocycles. The molecule has 0 saturated carbocycles. The fourth-order valence-electron chi connectivity index (χ4n) is 4.94. The molecule has 3 heterocycles. The van der Waals surface area contributed by atoms with Crippen molar-refractivity contribution in [2.75, 3.05) is 52.0 Å². The normalized spacial score (nSPS) is 15.2. The van der Waals surface area contributed by atoms with Crippen LogP contribution in [0.3, 0.4) is 0 Å². The van der Waals surface area contributed by atoms with Crippen LogP contribution in [0.15, 0.2) is 28.7 Å². The van der Waals surface area contributed by atoms with Gasteiger partial charge in [-0.25, -0.2) is 0 Å². The molecule has 10 heteroatoms. The molecule has 2 N–H and O–H groups in total. The molecule has 0 spiro atoms. The number of aromatic nitrogens is 2. The van der Waals surface area contributed by atoms with Crippen molar-refractivity contribution in [1.82, 2.24) is 14.9 Å². The third kappa shape index (κ3) is 6.02. The highest BCUT2D eigenvalue weighted by molar-refractivity contribution is 6.03. The van der Waals surface area contributed by atoms with Gasteiger partial charge in [0.25, 0.3) is 5.91 Å². The van der Waals surface area contributed by atoms with Crippen molar-refractivity contribution < 1.29 is 23.4 Å². The minimum atomic E-state index is -0.461. The van der Waals surface area contributed by atoms with Gasteiger partial charge in [0.2, 0.25) is 17.7 Å². The SMILES string of the molecule is COc1nc(NCCN(C)C)nc(OC)c1NC(=O)c1ccc(Cc2cc3c(cc2C)C(C)(C)OC3(C)C)o1. The Morgan fingerprint density at radius 1 is 1.00 bits per heavy atom. The number of methoxy groups -OCH3 is 2. The van der Waals surface area contributed by atoms with Crippen LogP contribution in [0, 0.1) is 6.92 Å². The average molecular weight is 538 g/mol. The second kappa shape index (κ2) is 10.9. The molecular formula is C29H39N5O5. The van der Waals surface area contributed by atoms with Crippen LogP contribution in [-0.4, -0.2) is 62.2 Å². The molecular weight excluding hydrogens is 498 g/mol. The van der Waals surface area contributed by atoms with E-state index in [0.717, 1.165) is 17.7 Å². The lowest BCUT2D eigenvalue weighted by atomic mass is 9.86. The van der Waals surface area contributed by atoms with Crippen molar-refractivity contribution in [1.29, 1.82) is 0 Å². The quantitative estimate of drug-likeness (QED) is 0.380. The zero-order valence-electron chi connectivity index (χ0n) is 24.3. The molecule has 1 aliphatic heterocycles. The van der Waals surface area contributed by atoms with Crippen LogP contribution in [0.25, 0.3) is 0 Å². The predicted molar refractivity (Wildman–Crippen MR) is 150 cm³/mol. The van der Waals surface area contributed by atoms with Gasteiger partial charge in [-0.15, -0.1) is 0 Å². The predicted octanol–water partition coefficient (Wildman–Crippen LogP) is 4.71. The maximum absolute atomic E-state index is 13.1. The minimum absolute atomic E-state index is 0.158. The van der Waals surface area contributed by atoms with E-state index in [0.29, 0.717) is 24.7 Å². The topological polar surface area (TPSA) is 111 Å². The number of fused-ring (bicyclic) bond motifs is 1. The fourth-order valence-corrected chi connectivity index (χ4v) is 4.94. The number of benzene rings is 1. The van der Waals surface area contributed by atoms with Crippen LogP contribution in [-0.2, 0) is 22.4 Å². The molecule has 1 amide bonds. The number of carbonyl (C=O) groups is 1. The van der Waals surface area contributed by atoms with E-state index < -0.39 is 5.91 Å². The van der Waals surface area contributed by atoms with Crippen LogP contribution >= 0.6 is 0 Å². The molecule has 4 rings (SSSR count). The molecule has 1 aromatic carbocycles. The van der Waals surface area contributed by atoms with Gasteiger partial charge in [-0.05, 0) is 83.1 Å². The van der Waals surface area contributed by atoms with Gasteiger partial charge in [-0.2, -0.15) is 9.97 Å². The largest absolute Gasteiger partial charge is 0.479 e. The van der Waals surface area contributed by atoms with E-state index in [9.17, 15) is 4.79 Å². The van der Waals surface area contributed by atoms with Crippen LogP contribution in [0.5, 0.6) is 11.8 Å². The van der Waals surface area contributed by atoms with Gasteiger partial charge in [-0.1, -0.05) is 12.1 Å². The van der Waals surface area contributed by atoms with E-state index >= 15 is 0 Å². The van der Waals surface area contributed by atoms with Gasteiger partial charge in [-0.3, -0.25) is 4.79 Å². The average Bonchev–Trinajstić information content (AvgIpc) is 3.39. The highest BCUT2D eigenvalue weighted by Crippen LogP contribution is 2.47. The van der Waals surface area contributed by atoms with Crippen molar-refractivity contribution in [2.45, 2.75) is 52.2 Å². The summed E-state index contributed by atoms with van der Waals surface area (Å²) in [5.74, 6) is 1.06. The Kier molecular flexibility index (Phi) is 7.90. The Morgan fingerprint density at radius 3 is 2.21 bits per heavy atom. The first kappa shape index (κ1) is 28.4. The Labute approximate surface area is 230 Å². The number of hydrogen-bond acceptors (Lipinski definition) is 9. The summed E-state index contributed by atoms with van der Waals surface area (Å²) >= 11 is 0. The van der Waals surface area contributed by atoms with E-state index in [-0.39, 0.29) is 34.4 Å². The number of hydrogen-bond donors (Lipinski definition) is 2. The number of aryl methyl sites for hydroxylation is 1. The Hall–Kier alpha value is -3.63. The number of ether oxygens (including phenoxy) is 3. The van der Waals surface area contributed by atoms with Gasteiger partial charge >= 0.3 is 0 Å². The molecule has 39 heavy (non-hydrogen) atoms. The number of carbonyl (C=O) groups excluding carboxylic acids is 1. The Bertz CT molecular complexity index is 1340. The smallest absolute Gasteiger partial charge is 0.291 e. The molecule has 1 aliphatic rings. The molecule has 0 unspecified atom stereocenters. The summed E-state index contributed by atoms with van der Waals surface area (Å²) in [5, 5.41) is 5.91. The second-order valence-electron chi connectivity index (χ2n) is 11.0. The number of furan rings is 1. The number of anilines is 2.